The summed E-state index contributed by atoms with van der Waals surface area (Å²) in [6.45, 7) is 0.112. The fourth-order valence-electron chi connectivity index (χ4n) is 1.38. The Hall–Kier alpha value is -0.780. The van der Waals surface area contributed by atoms with Gasteiger partial charge in [-0.25, -0.2) is 0 Å². The molecule has 0 amide bonds. The number of alkyl halides is 3. The molecular formula is C10H11ClF3NO. The van der Waals surface area contributed by atoms with Crippen molar-refractivity contribution in [2.45, 2.75) is 18.7 Å². The van der Waals surface area contributed by atoms with Crippen LogP contribution >= 0.6 is 11.6 Å². The first kappa shape index (κ1) is 13.3. The number of aliphatic hydroxyl groups excluding tert-OH is 1. The van der Waals surface area contributed by atoms with E-state index < -0.39 is 17.8 Å². The first-order chi connectivity index (χ1) is 7.36. The highest BCUT2D eigenvalue weighted by atomic mass is 35.5. The lowest BCUT2D eigenvalue weighted by molar-refractivity contribution is -0.139. The molecule has 0 aliphatic rings. The number of aliphatic hydroxyl groups is 1. The van der Waals surface area contributed by atoms with Crippen LogP contribution in [0.25, 0.3) is 0 Å². The van der Waals surface area contributed by atoms with Gasteiger partial charge < -0.3 is 10.8 Å². The van der Waals surface area contributed by atoms with Gasteiger partial charge in [-0.3, -0.25) is 0 Å². The van der Waals surface area contributed by atoms with Crippen LogP contribution in [0.4, 0.5) is 13.2 Å². The summed E-state index contributed by atoms with van der Waals surface area (Å²) in [6, 6.07) is 3.29. The van der Waals surface area contributed by atoms with Crippen molar-refractivity contribution in [3.05, 3.63) is 34.3 Å². The number of halogens is 4. The van der Waals surface area contributed by atoms with Crippen molar-refractivity contribution < 1.29 is 18.3 Å². The summed E-state index contributed by atoms with van der Waals surface area (Å²) in [4.78, 5) is 0. The lowest BCUT2D eigenvalue weighted by Gasteiger charge is -2.17. The predicted octanol–water partition coefficient (Wildman–Crippen LogP) is 2.74. The number of hydrogen-bond acceptors (Lipinski definition) is 2. The minimum absolute atomic E-state index is 0.0176. The number of hydrogen-bond donors (Lipinski definition) is 2. The zero-order valence-corrected chi connectivity index (χ0v) is 9.02. The summed E-state index contributed by atoms with van der Waals surface area (Å²) in [5.41, 5.74) is 4.08. The molecule has 0 bridgehead atoms. The molecule has 3 N–H and O–H groups in total. The summed E-state index contributed by atoms with van der Waals surface area (Å²) in [7, 11) is 0. The molecular weight excluding hydrogens is 243 g/mol. The first-order valence-corrected chi connectivity index (χ1v) is 4.99. The Bertz CT molecular complexity index is 368. The van der Waals surface area contributed by atoms with Crippen LogP contribution in [0.5, 0.6) is 0 Å². The number of nitrogens with two attached hydrogens (primary N) is 1. The van der Waals surface area contributed by atoms with E-state index in [1.54, 1.807) is 0 Å². The minimum atomic E-state index is -4.53. The second-order valence-electron chi connectivity index (χ2n) is 3.32. The maximum atomic E-state index is 12.6. The number of benzene rings is 1. The Morgan fingerprint density at radius 1 is 1.38 bits per heavy atom. The molecule has 1 aromatic rings. The maximum absolute atomic E-state index is 12.6. The molecule has 1 atom stereocenters. The molecule has 0 heterocycles. The summed E-state index contributed by atoms with van der Waals surface area (Å²) in [5, 5.41) is 9.51. The monoisotopic (exact) mass is 253 g/mol. The molecule has 1 rings (SSSR count). The van der Waals surface area contributed by atoms with E-state index in [-0.39, 0.29) is 23.6 Å². The van der Waals surface area contributed by atoms with E-state index in [1.807, 2.05) is 0 Å². The van der Waals surface area contributed by atoms with Gasteiger partial charge in [0.05, 0.1) is 11.7 Å². The Morgan fingerprint density at radius 3 is 2.50 bits per heavy atom. The molecule has 1 aromatic carbocycles. The highest BCUT2D eigenvalue weighted by molar-refractivity contribution is 6.30. The maximum Gasteiger partial charge on any atom is 0.416 e. The highest BCUT2D eigenvalue weighted by Crippen LogP contribution is 2.36. The van der Waals surface area contributed by atoms with Gasteiger partial charge in [-0.1, -0.05) is 17.7 Å². The van der Waals surface area contributed by atoms with Gasteiger partial charge in [0.1, 0.15) is 0 Å². The molecule has 0 saturated carbocycles. The van der Waals surface area contributed by atoms with Crippen molar-refractivity contribution in [2.75, 3.05) is 6.54 Å². The van der Waals surface area contributed by atoms with Crippen LogP contribution in [-0.2, 0) is 6.18 Å². The lowest BCUT2D eigenvalue weighted by atomic mass is 10.00. The minimum Gasteiger partial charge on any atom is -0.388 e. The third-order valence-electron chi connectivity index (χ3n) is 2.12. The first-order valence-electron chi connectivity index (χ1n) is 4.61. The van der Waals surface area contributed by atoms with Crippen molar-refractivity contribution >= 4 is 11.6 Å². The van der Waals surface area contributed by atoms with Crippen LogP contribution in [0.1, 0.15) is 23.7 Å². The average Bonchev–Trinajstić information content (AvgIpc) is 2.16. The van der Waals surface area contributed by atoms with Crippen LogP contribution in [0.3, 0.4) is 0 Å². The zero-order chi connectivity index (χ0) is 12.3. The third-order valence-corrected chi connectivity index (χ3v) is 2.35. The van der Waals surface area contributed by atoms with Gasteiger partial charge in [-0.2, -0.15) is 13.2 Å². The van der Waals surface area contributed by atoms with Crippen molar-refractivity contribution in [3.63, 3.8) is 0 Å². The van der Waals surface area contributed by atoms with Crippen LogP contribution in [0.15, 0.2) is 18.2 Å². The summed E-state index contributed by atoms with van der Waals surface area (Å²) >= 11 is 5.50. The quantitative estimate of drug-likeness (QED) is 0.870. The second kappa shape index (κ2) is 5.03. The Balaban J connectivity index is 3.18. The normalized spacial score (nSPS) is 13.9. The van der Waals surface area contributed by atoms with E-state index in [0.717, 1.165) is 6.07 Å². The van der Waals surface area contributed by atoms with Gasteiger partial charge in [0.15, 0.2) is 0 Å². The average molecular weight is 254 g/mol. The molecule has 0 spiro atoms. The van der Waals surface area contributed by atoms with Gasteiger partial charge in [0.25, 0.3) is 0 Å². The van der Waals surface area contributed by atoms with Crippen molar-refractivity contribution in [1.82, 2.24) is 0 Å². The van der Waals surface area contributed by atoms with E-state index in [1.165, 1.54) is 12.1 Å². The molecule has 1 unspecified atom stereocenters. The standard InChI is InChI=1S/C10H11ClF3NO/c11-6-1-2-7(9(16)3-4-15)8(5-6)10(12,13)14/h1-2,5,9,16H,3-4,15H2. The molecule has 0 saturated heterocycles. The van der Waals surface area contributed by atoms with Crippen LogP contribution in [0.2, 0.25) is 5.02 Å². The summed E-state index contributed by atoms with van der Waals surface area (Å²) in [5.74, 6) is 0. The largest absolute Gasteiger partial charge is 0.416 e. The molecule has 0 radical (unpaired) electrons. The van der Waals surface area contributed by atoms with Gasteiger partial charge in [-0.15, -0.1) is 0 Å². The smallest absolute Gasteiger partial charge is 0.388 e. The molecule has 90 valence electrons. The van der Waals surface area contributed by atoms with E-state index in [2.05, 4.69) is 0 Å². The Kier molecular flexibility index (Phi) is 4.18. The molecule has 6 heteroatoms. The van der Waals surface area contributed by atoms with Crippen molar-refractivity contribution in [2.24, 2.45) is 5.73 Å². The van der Waals surface area contributed by atoms with Crippen LogP contribution < -0.4 is 5.73 Å². The van der Waals surface area contributed by atoms with Gasteiger partial charge in [0, 0.05) is 5.02 Å². The summed E-state index contributed by atoms with van der Waals surface area (Å²) < 4.78 is 37.9. The molecule has 2 nitrogen and oxygen atoms in total. The Labute approximate surface area is 95.8 Å². The molecule has 0 aromatic heterocycles. The molecule has 0 fully saturated rings. The zero-order valence-electron chi connectivity index (χ0n) is 8.26. The van der Waals surface area contributed by atoms with Crippen molar-refractivity contribution in [3.8, 4) is 0 Å². The molecule has 0 aliphatic heterocycles. The topological polar surface area (TPSA) is 46.2 Å². The van der Waals surface area contributed by atoms with Crippen LogP contribution in [0, 0.1) is 0 Å². The SMILES string of the molecule is NCCC(O)c1ccc(Cl)cc1C(F)(F)F. The fraction of sp³-hybridized carbons (Fsp3) is 0.400. The lowest BCUT2D eigenvalue weighted by Crippen LogP contribution is -2.14. The molecule has 0 aliphatic carbocycles. The van der Waals surface area contributed by atoms with E-state index in [4.69, 9.17) is 17.3 Å². The molecule has 16 heavy (non-hydrogen) atoms. The van der Waals surface area contributed by atoms with E-state index in [0.29, 0.717) is 0 Å². The predicted molar refractivity (Wildman–Crippen MR) is 55.1 cm³/mol. The van der Waals surface area contributed by atoms with E-state index >= 15 is 0 Å². The third kappa shape index (κ3) is 3.10. The second-order valence-corrected chi connectivity index (χ2v) is 3.76. The Morgan fingerprint density at radius 2 is 2.00 bits per heavy atom. The van der Waals surface area contributed by atoms with Gasteiger partial charge in [0.2, 0.25) is 0 Å². The van der Waals surface area contributed by atoms with Crippen LogP contribution in [-0.4, -0.2) is 11.7 Å². The fourth-order valence-corrected chi connectivity index (χ4v) is 1.55. The van der Waals surface area contributed by atoms with Gasteiger partial charge >= 0.3 is 6.18 Å². The van der Waals surface area contributed by atoms with E-state index in [9.17, 15) is 18.3 Å². The summed E-state index contributed by atoms with van der Waals surface area (Å²) in [6.07, 6.45) is -5.68. The van der Waals surface area contributed by atoms with Crippen molar-refractivity contribution in [1.29, 1.82) is 0 Å². The number of rotatable bonds is 3. The highest BCUT2D eigenvalue weighted by Gasteiger charge is 2.35. The van der Waals surface area contributed by atoms with Gasteiger partial charge in [-0.05, 0) is 30.7 Å².